The Hall–Kier alpha value is -0.860. The first-order valence-electron chi connectivity index (χ1n) is 6.48. The van der Waals surface area contributed by atoms with Crippen LogP contribution in [0.5, 0.6) is 0 Å². The molecule has 0 radical (unpaired) electrons. The lowest BCUT2D eigenvalue weighted by Crippen LogP contribution is -2.26. The number of aliphatic hydroxyl groups is 1. The lowest BCUT2D eigenvalue weighted by atomic mass is 9.99. The Morgan fingerprint density at radius 3 is 2.00 bits per heavy atom. The van der Waals surface area contributed by atoms with E-state index in [1.54, 1.807) is 0 Å². The van der Waals surface area contributed by atoms with E-state index in [0.29, 0.717) is 17.9 Å². The maximum Gasteiger partial charge on any atom is 0.0468 e. The third kappa shape index (κ3) is 4.49. The van der Waals surface area contributed by atoms with E-state index in [2.05, 4.69) is 50.4 Å². The summed E-state index contributed by atoms with van der Waals surface area (Å²) in [6, 6.07) is 9.12. The Balaban J connectivity index is 2.54. The number of benzene rings is 1. The van der Waals surface area contributed by atoms with Crippen molar-refractivity contribution in [1.82, 2.24) is 5.32 Å². The normalized spacial score (nSPS) is 14.9. The summed E-state index contributed by atoms with van der Waals surface area (Å²) in [6.07, 6.45) is 0. The fourth-order valence-electron chi connectivity index (χ4n) is 1.73. The zero-order valence-electron chi connectivity index (χ0n) is 11.4. The Morgan fingerprint density at radius 1 is 1.00 bits per heavy atom. The predicted octanol–water partition coefficient (Wildman–Crippen LogP) is 3.09. The van der Waals surface area contributed by atoms with E-state index >= 15 is 0 Å². The Morgan fingerprint density at radius 2 is 1.53 bits per heavy atom. The minimum atomic E-state index is 0.242. The van der Waals surface area contributed by atoms with Gasteiger partial charge in [-0.2, -0.15) is 0 Å². The zero-order valence-corrected chi connectivity index (χ0v) is 11.4. The highest BCUT2D eigenvalue weighted by molar-refractivity contribution is 5.26. The number of rotatable bonds is 6. The average Bonchev–Trinajstić information content (AvgIpc) is 2.35. The maximum absolute atomic E-state index is 8.98. The fourth-order valence-corrected chi connectivity index (χ4v) is 1.73. The maximum atomic E-state index is 8.98. The topological polar surface area (TPSA) is 32.3 Å². The number of aliphatic hydroxyl groups excluding tert-OH is 1. The van der Waals surface area contributed by atoms with Crippen LogP contribution in [0.1, 0.15) is 50.8 Å². The van der Waals surface area contributed by atoms with Gasteiger partial charge in [-0.25, -0.2) is 0 Å². The van der Waals surface area contributed by atoms with Crippen molar-refractivity contribution in [2.45, 2.75) is 39.7 Å². The Labute approximate surface area is 105 Å². The lowest BCUT2D eigenvalue weighted by molar-refractivity contribution is 0.231. The first-order chi connectivity index (χ1) is 8.04. The molecule has 0 fully saturated rings. The smallest absolute Gasteiger partial charge is 0.0468 e. The van der Waals surface area contributed by atoms with Crippen molar-refractivity contribution in [3.63, 3.8) is 0 Å². The average molecular weight is 235 g/mol. The minimum absolute atomic E-state index is 0.242. The molecule has 0 saturated heterocycles. The monoisotopic (exact) mass is 235 g/mol. The van der Waals surface area contributed by atoms with Crippen LogP contribution in [-0.2, 0) is 0 Å². The van der Waals surface area contributed by atoms with Crippen molar-refractivity contribution < 1.29 is 5.11 Å². The van der Waals surface area contributed by atoms with Crippen LogP contribution in [0.2, 0.25) is 0 Å². The quantitative estimate of drug-likeness (QED) is 0.794. The molecule has 2 unspecified atom stereocenters. The molecule has 17 heavy (non-hydrogen) atoms. The molecule has 0 bridgehead atoms. The molecule has 2 heteroatoms. The number of hydrogen-bond donors (Lipinski definition) is 2. The molecule has 0 aliphatic carbocycles. The SMILES string of the molecule is CC(CO)CNC(C)c1ccc(C(C)C)cc1. The van der Waals surface area contributed by atoms with Gasteiger partial charge in [-0.1, -0.05) is 45.0 Å². The van der Waals surface area contributed by atoms with E-state index in [9.17, 15) is 0 Å². The second-order valence-corrected chi connectivity index (χ2v) is 5.24. The molecule has 1 aromatic rings. The van der Waals surface area contributed by atoms with E-state index < -0.39 is 0 Å². The predicted molar refractivity (Wildman–Crippen MR) is 73.2 cm³/mol. The lowest BCUT2D eigenvalue weighted by Gasteiger charge is -2.17. The summed E-state index contributed by atoms with van der Waals surface area (Å²) >= 11 is 0. The van der Waals surface area contributed by atoms with Gasteiger partial charge in [-0.3, -0.25) is 0 Å². The molecule has 96 valence electrons. The van der Waals surface area contributed by atoms with Crippen LogP contribution in [-0.4, -0.2) is 18.3 Å². The van der Waals surface area contributed by atoms with E-state index in [0.717, 1.165) is 6.54 Å². The van der Waals surface area contributed by atoms with Crippen molar-refractivity contribution in [3.05, 3.63) is 35.4 Å². The molecule has 0 spiro atoms. The molecule has 0 aliphatic rings. The third-order valence-corrected chi connectivity index (χ3v) is 3.19. The van der Waals surface area contributed by atoms with Crippen molar-refractivity contribution >= 4 is 0 Å². The summed E-state index contributed by atoms with van der Waals surface area (Å²) in [6.45, 7) is 9.71. The molecule has 2 N–H and O–H groups in total. The number of hydrogen-bond acceptors (Lipinski definition) is 2. The van der Waals surface area contributed by atoms with E-state index in [-0.39, 0.29) is 6.61 Å². The molecule has 1 aromatic carbocycles. The molecule has 2 atom stereocenters. The third-order valence-electron chi connectivity index (χ3n) is 3.19. The van der Waals surface area contributed by atoms with Gasteiger partial charge < -0.3 is 10.4 Å². The van der Waals surface area contributed by atoms with Crippen LogP contribution in [0.4, 0.5) is 0 Å². The highest BCUT2D eigenvalue weighted by atomic mass is 16.3. The molecule has 0 saturated carbocycles. The van der Waals surface area contributed by atoms with Crippen LogP contribution in [0.15, 0.2) is 24.3 Å². The van der Waals surface area contributed by atoms with Gasteiger partial charge in [0.15, 0.2) is 0 Å². The highest BCUT2D eigenvalue weighted by Crippen LogP contribution is 2.18. The van der Waals surface area contributed by atoms with E-state index in [1.165, 1.54) is 11.1 Å². The second kappa shape index (κ2) is 6.77. The van der Waals surface area contributed by atoms with Crippen molar-refractivity contribution in [3.8, 4) is 0 Å². The molecule has 0 aliphatic heterocycles. The zero-order chi connectivity index (χ0) is 12.8. The van der Waals surface area contributed by atoms with Crippen LogP contribution in [0.3, 0.4) is 0 Å². The second-order valence-electron chi connectivity index (χ2n) is 5.24. The number of nitrogens with one attached hydrogen (secondary N) is 1. The van der Waals surface area contributed by atoms with Gasteiger partial charge in [0.05, 0.1) is 0 Å². The molecular formula is C15H25NO. The summed E-state index contributed by atoms with van der Waals surface area (Å²) in [7, 11) is 0. The van der Waals surface area contributed by atoms with Gasteiger partial charge in [0, 0.05) is 19.2 Å². The van der Waals surface area contributed by atoms with Gasteiger partial charge in [0.2, 0.25) is 0 Å². The van der Waals surface area contributed by atoms with Gasteiger partial charge in [-0.05, 0) is 29.9 Å². The van der Waals surface area contributed by atoms with Gasteiger partial charge >= 0.3 is 0 Å². The van der Waals surface area contributed by atoms with Gasteiger partial charge in [0.1, 0.15) is 0 Å². The first-order valence-corrected chi connectivity index (χ1v) is 6.48. The summed E-state index contributed by atoms with van der Waals surface area (Å²) in [4.78, 5) is 0. The molecular weight excluding hydrogens is 210 g/mol. The minimum Gasteiger partial charge on any atom is -0.396 e. The summed E-state index contributed by atoms with van der Waals surface area (Å²) in [5.74, 6) is 0.897. The highest BCUT2D eigenvalue weighted by Gasteiger charge is 2.07. The molecule has 1 rings (SSSR count). The van der Waals surface area contributed by atoms with Crippen LogP contribution >= 0.6 is 0 Å². The van der Waals surface area contributed by atoms with Crippen molar-refractivity contribution in [2.75, 3.05) is 13.2 Å². The first kappa shape index (κ1) is 14.2. The molecule has 2 nitrogen and oxygen atoms in total. The Kier molecular flexibility index (Phi) is 5.66. The molecule has 0 aromatic heterocycles. The van der Waals surface area contributed by atoms with E-state index in [4.69, 9.17) is 5.11 Å². The molecule has 0 heterocycles. The van der Waals surface area contributed by atoms with Crippen molar-refractivity contribution in [2.24, 2.45) is 5.92 Å². The molecule has 0 amide bonds. The van der Waals surface area contributed by atoms with Crippen LogP contribution in [0, 0.1) is 5.92 Å². The Bertz CT molecular complexity index is 318. The summed E-state index contributed by atoms with van der Waals surface area (Å²) in [5, 5.41) is 12.4. The fraction of sp³-hybridized carbons (Fsp3) is 0.600. The van der Waals surface area contributed by atoms with Crippen molar-refractivity contribution in [1.29, 1.82) is 0 Å². The van der Waals surface area contributed by atoms with Crippen LogP contribution in [0.25, 0.3) is 0 Å². The summed E-state index contributed by atoms with van der Waals surface area (Å²) in [5.41, 5.74) is 2.68. The van der Waals surface area contributed by atoms with E-state index in [1.807, 2.05) is 6.92 Å². The standard InChI is InChI=1S/C15H25NO/c1-11(2)14-5-7-15(8-6-14)13(4)16-9-12(3)10-17/h5-8,11-13,16-17H,9-10H2,1-4H3. The van der Waals surface area contributed by atoms with Crippen LogP contribution < -0.4 is 5.32 Å². The van der Waals surface area contributed by atoms with Gasteiger partial charge in [0.25, 0.3) is 0 Å². The summed E-state index contributed by atoms with van der Waals surface area (Å²) < 4.78 is 0. The largest absolute Gasteiger partial charge is 0.396 e. The van der Waals surface area contributed by atoms with Gasteiger partial charge in [-0.15, -0.1) is 0 Å².